The molecule has 1 fully saturated rings. The van der Waals surface area contributed by atoms with Crippen LogP contribution in [0, 0.1) is 5.41 Å². The van der Waals surface area contributed by atoms with Crippen LogP contribution in [0.2, 0.25) is 0 Å². The van der Waals surface area contributed by atoms with E-state index < -0.39 is 18.9 Å². The quantitative estimate of drug-likeness (QED) is 0.551. The van der Waals surface area contributed by atoms with Crippen LogP contribution in [-0.4, -0.2) is 38.0 Å². The maximum Gasteiger partial charge on any atom is 0.410 e. The fourth-order valence-electron chi connectivity index (χ4n) is 3.34. The van der Waals surface area contributed by atoms with E-state index in [-0.39, 0.29) is 17.8 Å². The van der Waals surface area contributed by atoms with Gasteiger partial charge in [-0.2, -0.15) is 0 Å². The molecule has 0 saturated heterocycles. The first-order chi connectivity index (χ1) is 13.0. The number of benzene rings is 1. The van der Waals surface area contributed by atoms with Gasteiger partial charge in [-0.05, 0) is 37.3 Å². The van der Waals surface area contributed by atoms with Crippen LogP contribution in [-0.2, 0) is 19.0 Å². The first-order valence-corrected chi connectivity index (χ1v) is 9.33. The van der Waals surface area contributed by atoms with Gasteiger partial charge in [0.2, 0.25) is 6.79 Å². The van der Waals surface area contributed by atoms with E-state index in [0.717, 1.165) is 32.1 Å². The van der Waals surface area contributed by atoms with Gasteiger partial charge in [-0.25, -0.2) is 9.59 Å². The number of hydrogen-bond acceptors (Lipinski definition) is 6. The van der Waals surface area contributed by atoms with Gasteiger partial charge in [0, 0.05) is 6.54 Å². The molecule has 27 heavy (non-hydrogen) atoms. The minimum absolute atomic E-state index is 0.244. The highest BCUT2D eigenvalue weighted by molar-refractivity contribution is 5.89. The predicted molar refractivity (Wildman–Crippen MR) is 98.0 cm³/mol. The summed E-state index contributed by atoms with van der Waals surface area (Å²) in [7, 11) is 0. The molecule has 1 amide bonds. The average Bonchev–Trinajstić information content (AvgIpc) is 2.68. The van der Waals surface area contributed by atoms with Gasteiger partial charge in [0.15, 0.2) is 0 Å². The highest BCUT2D eigenvalue weighted by Gasteiger charge is 2.35. The number of ether oxygens (including phenoxy) is 3. The summed E-state index contributed by atoms with van der Waals surface area (Å²) in [6, 6.07) is 8.46. The summed E-state index contributed by atoms with van der Waals surface area (Å²) in [5.41, 5.74) is 0.0849. The molecule has 2 rings (SSSR count). The number of hydrogen-bond donors (Lipinski definition) is 1. The molecular weight excluding hydrogens is 350 g/mol. The summed E-state index contributed by atoms with van der Waals surface area (Å²) in [6.07, 6.45) is 4.48. The zero-order valence-corrected chi connectivity index (χ0v) is 15.7. The number of nitrogens with one attached hydrogen (secondary N) is 1. The van der Waals surface area contributed by atoms with Gasteiger partial charge in [-0.3, -0.25) is 4.79 Å². The second-order valence-electron chi connectivity index (χ2n) is 6.74. The first kappa shape index (κ1) is 20.7. The molecule has 0 spiro atoms. The van der Waals surface area contributed by atoms with Crippen molar-refractivity contribution in [3.05, 3.63) is 35.9 Å². The fraction of sp³-hybridized carbons (Fsp3) is 0.550. The molecule has 0 radical (unpaired) electrons. The van der Waals surface area contributed by atoms with Gasteiger partial charge in [0.1, 0.15) is 0 Å². The van der Waals surface area contributed by atoms with Gasteiger partial charge in [0.05, 0.1) is 18.6 Å². The van der Waals surface area contributed by atoms with Crippen molar-refractivity contribution in [1.82, 2.24) is 5.32 Å². The molecule has 7 heteroatoms. The molecule has 0 aromatic heterocycles. The molecule has 1 aliphatic rings. The molecule has 0 bridgehead atoms. The standard InChI is InChI=1S/C20H27NO6/c1-2-25-17(22)13-20(11-7-4-8-12-20)14-21-19(24)27-15-26-18(23)16-9-5-3-6-10-16/h3,5-6,9-10H,2,4,7-8,11-15H2,1H3,(H,21,24). The average molecular weight is 377 g/mol. The van der Waals surface area contributed by atoms with E-state index in [1.54, 1.807) is 37.3 Å². The Labute approximate surface area is 159 Å². The molecule has 1 aromatic rings. The molecule has 1 aliphatic carbocycles. The molecule has 7 nitrogen and oxygen atoms in total. The summed E-state index contributed by atoms with van der Waals surface area (Å²) >= 11 is 0. The Morgan fingerprint density at radius 3 is 2.37 bits per heavy atom. The Morgan fingerprint density at radius 2 is 1.70 bits per heavy atom. The predicted octanol–water partition coefficient (Wildman–Crippen LogP) is 3.43. The Hall–Kier alpha value is -2.57. The molecule has 148 valence electrons. The molecule has 1 N–H and O–H groups in total. The molecule has 1 saturated carbocycles. The SMILES string of the molecule is CCOC(=O)CC1(CNC(=O)OCOC(=O)c2ccccc2)CCCCC1. The minimum Gasteiger partial charge on any atom is -0.466 e. The number of alkyl carbamates (subject to hydrolysis) is 1. The third-order valence-electron chi connectivity index (χ3n) is 4.74. The third kappa shape index (κ3) is 6.92. The Bertz CT molecular complexity index is 625. The van der Waals surface area contributed by atoms with Crippen molar-refractivity contribution in [3.8, 4) is 0 Å². The van der Waals surface area contributed by atoms with Crippen LogP contribution in [0.25, 0.3) is 0 Å². The smallest absolute Gasteiger partial charge is 0.410 e. The second kappa shape index (κ2) is 10.5. The molecular formula is C20H27NO6. The summed E-state index contributed by atoms with van der Waals surface area (Å²) in [5.74, 6) is -0.805. The lowest BCUT2D eigenvalue weighted by Crippen LogP contribution is -2.41. The van der Waals surface area contributed by atoms with Crippen molar-refractivity contribution in [3.63, 3.8) is 0 Å². The maximum absolute atomic E-state index is 11.9. The maximum atomic E-state index is 11.9. The van der Waals surface area contributed by atoms with Crippen molar-refractivity contribution in [2.75, 3.05) is 19.9 Å². The van der Waals surface area contributed by atoms with E-state index >= 15 is 0 Å². The largest absolute Gasteiger partial charge is 0.466 e. The van der Waals surface area contributed by atoms with E-state index in [1.165, 1.54) is 0 Å². The highest BCUT2D eigenvalue weighted by atomic mass is 16.7. The van der Waals surface area contributed by atoms with Gasteiger partial charge < -0.3 is 19.5 Å². The topological polar surface area (TPSA) is 90.9 Å². The fourth-order valence-corrected chi connectivity index (χ4v) is 3.34. The third-order valence-corrected chi connectivity index (χ3v) is 4.74. The van der Waals surface area contributed by atoms with E-state index in [1.807, 2.05) is 0 Å². The monoisotopic (exact) mass is 377 g/mol. The van der Waals surface area contributed by atoms with Crippen LogP contribution >= 0.6 is 0 Å². The van der Waals surface area contributed by atoms with E-state index in [4.69, 9.17) is 14.2 Å². The van der Waals surface area contributed by atoms with Crippen LogP contribution < -0.4 is 5.32 Å². The van der Waals surface area contributed by atoms with Crippen LogP contribution in [0.3, 0.4) is 0 Å². The minimum atomic E-state index is -0.676. The number of carbonyl (C=O) groups is 3. The summed E-state index contributed by atoms with van der Waals surface area (Å²) in [4.78, 5) is 35.6. The lowest BCUT2D eigenvalue weighted by molar-refractivity contribution is -0.146. The molecule has 0 unspecified atom stereocenters. The van der Waals surface area contributed by atoms with Gasteiger partial charge in [0.25, 0.3) is 0 Å². The van der Waals surface area contributed by atoms with Crippen molar-refractivity contribution in [2.24, 2.45) is 5.41 Å². The van der Waals surface area contributed by atoms with E-state index in [2.05, 4.69) is 5.32 Å². The van der Waals surface area contributed by atoms with Crippen molar-refractivity contribution < 1.29 is 28.6 Å². The summed E-state index contributed by atoms with van der Waals surface area (Å²) < 4.78 is 14.9. The number of carbonyl (C=O) groups excluding carboxylic acids is 3. The molecule has 0 aliphatic heterocycles. The second-order valence-corrected chi connectivity index (χ2v) is 6.74. The highest BCUT2D eigenvalue weighted by Crippen LogP contribution is 2.39. The summed E-state index contributed by atoms with van der Waals surface area (Å²) in [6.45, 7) is 1.98. The van der Waals surface area contributed by atoms with E-state index in [9.17, 15) is 14.4 Å². The first-order valence-electron chi connectivity index (χ1n) is 9.33. The van der Waals surface area contributed by atoms with Crippen LogP contribution in [0.4, 0.5) is 4.79 Å². The number of rotatable bonds is 8. The van der Waals surface area contributed by atoms with Crippen LogP contribution in [0.15, 0.2) is 30.3 Å². The molecule has 0 atom stereocenters. The van der Waals surface area contributed by atoms with E-state index in [0.29, 0.717) is 18.7 Å². The van der Waals surface area contributed by atoms with Crippen molar-refractivity contribution in [1.29, 1.82) is 0 Å². The Morgan fingerprint density at radius 1 is 1.00 bits per heavy atom. The van der Waals surface area contributed by atoms with Gasteiger partial charge in [-0.15, -0.1) is 0 Å². The lowest BCUT2D eigenvalue weighted by atomic mass is 9.72. The number of amides is 1. The molecule has 1 aromatic carbocycles. The van der Waals surface area contributed by atoms with Crippen LogP contribution in [0.1, 0.15) is 55.8 Å². The Kier molecular flexibility index (Phi) is 8.10. The summed E-state index contributed by atoms with van der Waals surface area (Å²) in [5, 5.41) is 2.69. The van der Waals surface area contributed by atoms with Gasteiger partial charge >= 0.3 is 18.0 Å². The van der Waals surface area contributed by atoms with Gasteiger partial charge in [-0.1, -0.05) is 37.5 Å². The van der Waals surface area contributed by atoms with Crippen molar-refractivity contribution >= 4 is 18.0 Å². The zero-order chi connectivity index (χ0) is 19.5. The normalized spacial score (nSPS) is 15.4. The number of esters is 2. The van der Waals surface area contributed by atoms with Crippen molar-refractivity contribution in [2.45, 2.75) is 45.4 Å². The lowest BCUT2D eigenvalue weighted by Gasteiger charge is -2.36. The molecule has 0 heterocycles. The zero-order valence-electron chi connectivity index (χ0n) is 15.7. The Balaban J connectivity index is 1.76. The van der Waals surface area contributed by atoms with Crippen LogP contribution in [0.5, 0.6) is 0 Å².